The van der Waals surface area contributed by atoms with Crippen molar-refractivity contribution in [1.29, 1.82) is 0 Å². The third kappa shape index (κ3) is 23.4. The van der Waals surface area contributed by atoms with E-state index in [9.17, 15) is 18.0 Å². The number of nitrogens with one attached hydrogen (secondary N) is 1. The van der Waals surface area contributed by atoms with Gasteiger partial charge in [-0.1, -0.05) is 13.8 Å². The van der Waals surface area contributed by atoms with Crippen LogP contribution in [-0.4, -0.2) is 111 Å². The second-order valence-corrected chi connectivity index (χ2v) is 24.6. The van der Waals surface area contributed by atoms with Crippen molar-refractivity contribution in [1.82, 2.24) is 14.5 Å². The van der Waals surface area contributed by atoms with Gasteiger partial charge in [-0.15, -0.1) is 0 Å². The molecule has 0 aromatic rings. The molecule has 2 aliphatic heterocycles. The van der Waals surface area contributed by atoms with E-state index in [0.29, 0.717) is 24.3 Å². The summed E-state index contributed by atoms with van der Waals surface area (Å²) in [6, 6.07) is 0.212. The molecule has 1 N–H and O–H groups in total. The third-order valence-electron chi connectivity index (χ3n) is 9.05. The molecule has 5 atom stereocenters. The van der Waals surface area contributed by atoms with Crippen LogP contribution in [0.3, 0.4) is 0 Å². The van der Waals surface area contributed by atoms with Gasteiger partial charge in [0.15, 0.2) is 0 Å². The second-order valence-electron chi connectivity index (χ2n) is 20.7. The summed E-state index contributed by atoms with van der Waals surface area (Å²) in [5.41, 5.74) is -1.34. The zero-order valence-electron chi connectivity index (χ0n) is 39.3. The number of hydrogen-bond acceptors (Lipinski definition) is 6. The molecule has 0 aliphatic carbocycles. The number of likely N-dealkylation sites (tertiary alicyclic amines) is 2. The van der Waals surface area contributed by atoms with Crippen molar-refractivity contribution in [2.24, 2.45) is 22.2 Å². The number of carbonyl (C=O) groups excluding carboxylic acids is 2. The Hall–Kier alpha value is -0.474. The Morgan fingerprint density at radius 3 is 1.48 bits per heavy atom. The van der Waals surface area contributed by atoms with E-state index in [1.54, 1.807) is 6.21 Å². The summed E-state index contributed by atoms with van der Waals surface area (Å²) in [5.74, 6) is 1.27. The quantitative estimate of drug-likeness (QED) is 0.143. The first-order valence-corrected chi connectivity index (χ1v) is 22.3. The van der Waals surface area contributed by atoms with Crippen LogP contribution in [-0.2, 0) is 31.4 Å². The van der Waals surface area contributed by atoms with E-state index in [1.807, 2.05) is 113 Å². The van der Waals surface area contributed by atoms with E-state index in [-0.39, 0.29) is 74.3 Å². The van der Waals surface area contributed by atoms with Gasteiger partial charge in [-0.25, -0.2) is 22.7 Å². The maximum absolute atomic E-state index is 12.6. The Morgan fingerprint density at radius 1 is 0.786 bits per heavy atom. The fraction of sp³-hybridized carbons (Fsp3) is 0.905. The van der Waals surface area contributed by atoms with E-state index in [0.717, 1.165) is 45.1 Å². The van der Waals surface area contributed by atoms with Crippen LogP contribution < -0.4 is 17.1 Å². The molecule has 2 saturated heterocycles. The Labute approximate surface area is 372 Å². The predicted molar refractivity (Wildman–Crippen MR) is 236 cm³/mol. The fourth-order valence-corrected chi connectivity index (χ4v) is 7.86. The van der Waals surface area contributed by atoms with Crippen LogP contribution in [0, 0.1) is 24.2 Å². The molecule has 2 rings (SSSR count). The van der Waals surface area contributed by atoms with Gasteiger partial charge in [0, 0.05) is 36.4 Å². The Morgan fingerprint density at radius 2 is 1.16 bits per heavy atom. The molecule has 0 aromatic carbocycles. The number of ether oxygens (including phenoxy) is 2. The van der Waals surface area contributed by atoms with Gasteiger partial charge in [0.05, 0.1) is 20.5 Å². The monoisotopic (exact) mass is 863 g/mol. The molecule has 0 spiro atoms. The number of nitrogens with zero attached hydrogens (tertiary/aromatic N) is 3. The first-order chi connectivity index (χ1) is 24.2. The van der Waals surface area contributed by atoms with E-state index < -0.39 is 33.2 Å². The van der Waals surface area contributed by atoms with Crippen molar-refractivity contribution < 1.29 is 39.9 Å². The normalized spacial score (nSPS) is 21.1. The Bertz CT molecular complexity index is 1250. The summed E-state index contributed by atoms with van der Waals surface area (Å²) in [6.07, 6.45) is 8.92. The summed E-state index contributed by atoms with van der Waals surface area (Å²) in [4.78, 5) is 28.7. The van der Waals surface area contributed by atoms with Gasteiger partial charge in [-0.3, -0.25) is 0 Å². The molecular weight excluding hydrogens is 780 g/mol. The molecule has 2 fully saturated rings. The van der Waals surface area contributed by atoms with Gasteiger partial charge >= 0.3 is 35.2 Å². The number of amides is 2. The summed E-state index contributed by atoms with van der Waals surface area (Å²) >= 11 is 0. The summed E-state index contributed by atoms with van der Waals surface area (Å²) in [7, 11) is -2.26. The average Bonchev–Trinajstić information content (AvgIpc) is 3.44. The maximum atomic E-state index is 12.6. The van der Waals surface area contributed by atoms with Crippen LogP contribution >= 0.6 is 0 Å². The van der Waals surface area contributed by atoms with Crippen LogP contribution in [0.25, 0.3) is 0 Å². The molecule has 10 nitrogen and oxygen atoms in total. The molecule has 0 bridgehead atoms. The molecule has 14 heteroatoms. The van der Waals surface area contributed by atoms with Gasteiger partial charge < -0.3 is 38.1 Å². The van der Waals surface area contributed by atoms with Gasteiger partial charge in [0.2, 0.25) is 0 Å². The SMILES string of the molecule is CC(C)(C)OC(=O)N1C[C@@H](CCC=NS(=O)C(C)(C)C)CC1(C)C.CC(C)C(CC[C@@H]1CN(C(=O)OC(C)(C)C)C(C)(C)C1)NS(=O)C(C)(C)C.C[CH-]C.[Cl-].[Mg+2]. The Balaban J connectivity index is -0.000000911. The zero-order valence-corrected chi connectivity index (χ0v) is 43.1. The van der Waals surface area contributed by atoms with E-state index in [2.05, 4.69) is 50.7 Å². The maximum Gasteiger partial charge on any atom is 2.00 e. The minimum atomic E-state index is -1.20. The topological polar surface area (TPSA) is 118 Å². The predicted octanol–water partition coefficient (Wildman–Crippen LogP) is 7.07. The molecule has 2 aliphatic rings. The molecule has 0 saturated carbocycles. The van der Waals surface area contributed by atoms with Crippen LogP contribution in [0.4, 0.5) is 9.59 Å². The van der Waals surface area contributed by atoms with Gasteiger partial charge in [0.25, 0.3) is 0 Å². The van der Waals surface area contributed by atoms with Crippen LogP contribution in [0.5, 0.6) is 0 Å². The zero-order chi connectivity index (χ0) is 42.7. The largest absolute Gasteiger partial charge is 2.00 e. The van der Waals surface area contributed by atoms with Crippen molar-refractivity contribution in [2.45, 2.75) is 215 Å². The minimum Gasteiger partial charge on any atom is -1.00 e. The average molecular weight is 864 g/mol. The fourth-order valence-electron chi connectivity index (χ4n) is 6.28. The molecule has 2 amide bonds. The van der Waals surface area contributed by atoms with Crippen molar-refractivity contribution in [3.05, 3.63) is 6.42 Å². The summed E-state index contributed by atoms with van der Waals surface area (Å²) in [6.45, 7) is 41.3. The van der Waals surface area contributed by atoms with E-state index in [4.69, 9.17) is 9.47 Å². The molecular formula is C42H83ClMgN4O6S2. The van der Waals surface area contributed by atoms with Gasteiger partial charge in [0.1, 0.15) is 22.2 Å². The number of halogens is 1. The molecule has 328 valence electrons. The summed E-state index contributed by atoms with van der Waals surface area (Å²) in [5, 5.41) is 0. The minimum absolute atomic E-state index is 0. The van der Waals surface area contributed by atoms with E-state index in [1.165, 1.54) is 0 Å². The van der Waals surface area contributed by atoms with Crippen molar-refractivity contribution in [3.8, 4) is 0 Å². The van der Waals surface area contributed by atoms with Crippen LogP contribution in [0.2, 0.25) is 0 Å². The molecule has 0 radical (unpaired) electrons. The van der Waals surface area contributed by atoms with E-state index >= 15 is 0 Å². The van der Waals surface area contributed by atoms with Crippen molar-refractivity contribution in [2.75, 3.05) is 13.1 Å². The standard InChI is InChI=1S/C21H42N2O3S.C18H34N2O3S.C3H7.ClH.Mg/c1-15(2)17(22-27(25)20(6,7)8)12-11-16-13-21(9,10)23(14-16)18(24)26-19(3,4)5;1-16(2,3)23-15(21)20-13-14(12-18(20,7)8)10-9-11-19-24(22)17(4,5)6;1-3-2;;/h15-17,22H,11-14H2,1-10H3;11,14H,9-10,12-13H2,1-8H3;3H,1-2H3;1H;/q;;-1;;+2/p-1/t16-,17?,27?;14-,24?;;;/m00.../s1. The smallest absolute Gasteiger partial charge is 1.00 e. The molecule has 2 heterocycles. The van der Waals surface area contributed by atoms with Crippen LogP contribution in [0.1, 0.15) is 177 Å². The summed E-state index contributed by atoms with van der Waals surface area (Å²) < 4.78 is 42.4. The van der Waals surface area contributed by atoms with Crippen molar-refractivity contribution in [3.63, 3.8) is 0 Å². The number of rotatable bonds is 10. The third-order valence-corrected chi connectivity index (χ3v) is 12.1. The molecule has 56 heavy (non-hydrogen) atoms. The first-order valence-electron chi connectivity index (χ1n) is 20.0. The Kier molecular flexibility index (Phi) is 26.4. The number of carbonyl (C=O) groups is 2. The van der Waals surface area contributed by atoms with Crippen LogP contribution in [0.15, 0.2) is 4.40 Å². The first kappa shape index (κ1) is 59.8. The van der Waals surface area contributed by atoms with Gasteiger partial charge in [-0.05, 0) is 167 Å². The van der Waals surface area contributed by atoms with Crippen molar-refractivity contribution >= 4 is 63.4 Å². The second kappa shape index (κ2) is 24.7. The number of hydrogen-bond donors (Lipinski definition) is 1. The van der Waals surface area contributed by atoms with Gasteiger partial charge in [-0.2, -0.15) is 18.2 Å². The molecule has 3 unspecified atom stereocenters. The molecule has 0 aromatic heterocycles.